The molecule has 21 heavy (non-hydrogen) atoms. The fourth-order valence-electron chi connectivity index (χ4n) is 2.54. The fraction of sp³-hybridized carbons (Fsp3) is 0.176. The van der Waals surface area contributed by atoms with E-state index in [1.165, 1.54) is 15.6 Å². The standard InChI is InChI=1S/C17H15Cl2NS/c1-20-16(8-11-6-7-12(18)9-15(11)19)14-10-21-17-5-3-2-4-13(14)17/h2-7,9-10,16,20H,8H2,1H3. The second-order valence-electron chi connectivity index (χ2n) is 4.97. The highest BCUT2D eigenvalue weighted by Gasteiger charge is 2.16. The number of benzene rings is 2. The van der Waals surface area contributed by atoms with Crippen molar-refractivity contribution in [2.24, 2.45) is 0 Å². The lowest BCUT2D eigenvalue weighted by molar-refractivity contribution is 0.598. The summed E-state index contributed by atoms with van der Waals surface area (Å²) in [4.78, 5) is 0. The maximum absolute atomic E-state index is 6.30. The second-order valence-corrected chi connectivity index (χ2v) is 6.72. The lowest BCUT2D eigenvalue weighted by atomic mass is 9.98. The van der Waals surface area contributed by atoms with Crippen molar-refractivity contribution in [3.05, 3.63) is 69.0 Å². The summed E-state index contributed by atoms with van der Waals surface area (Å²) >= 11 is 14.0. The Kier molecular flexibility index (Phi) is 4.51. The van der Waals surface area contributed by atoms with Crippen LogP contribution in [0.2, 0.25) is 10.0 Å². The van der Waals surface area contributed by atoms with Gasteiger partial charge in [-0.3, -0.25) is 0 Å². The first kappa shape index (κ1) is 14.9. The zero-order valence-electron chi connectivity index (χ0n) is 11.6. The van der Waals surface area contributed by atoms with E-state index in [1.54, 1.807) is 17.4 Å². The molecule has 1 heterocycles. The summed E-state index contributed by atoms with van der Waals surface area (Å²) in [6, 6.07) is 14.4. The van der Waals surface area contributed by atoms with Gasteiger partial charge in [-0.15, -0.1) is 11.3 Å². The summed E-state index contributed by atoms with van der Waals surface area (Å²) in [6.45, 7) is 0. The molecule has 0 saturated heterocycles. The van der Waals surface area contributed by atoms with Crippen molar-refractivity contribution in [1.82, 2.24) is 5.32 Å². The van der Waals surface area contributed by atoms with Crippen LogP contribution in [0, 0.1) is 0 Å². The minimum absolute atomic E-state index is 0.236. The molecule has 108 valence electrons. The molecule has 1 N–H and O–H groups in total. The maximum atomic E-state index is 6.30. The summed E-state index contributed by atoms with van der Waals surface area (Å²) in [5.41, 5.74) is 2.43. The normalized spacial score (nSPS) is 12.7. The van der Waals surface area contributed by atoms with Crippen molar-refractivity contribution in [1.29, 1.82) is 0 Å². The molecule has 0 aliphatic carbocycles. The lowest BCUT2D eigenvalue weighted by Gasteiger charge is -2.17. The number of rotatable bonds is 4. The van der Waals surface area contributed by atoms with E-state index in [4.69, 9.17) is 23.2 Å². The molecule has 0 radical (unpaired) electrons. The molecule has 1 aromatic heterocycles. The van der Waals surface area contributed by atoms with Crippen LogP contribution >= 0.6 is 34.5 Å². The van der Waals surface area contributed by atoms with E-state index in [9.17, 15) is 0 Å². The van der Waals surface area contributed by atoms with Crippen LogP contribution in [0.5, 0.6) is 0 Å². The molecular weight excluding hydrogens is 321 g/mol. The molecule has 1 nitrogen and oxygen atoms in total. The van der Waals surface area contributed by atoms with Crippen molar-refractivity contribution in [2.45, 2.75) is 12.5 Å². The molecule has 0 spiro atoms. The maximum Gasteiger partial charge on any atom is 0.0453 e. The lowest BCUT2D eigenvalue weighted by Crippen LogP contribution is -2.18. The molecule has 1 unspecified atom stereocenters. The molecule has 0 amide bonds. The van der Waals surface area contributed by atoms with Crippen LogP contribution in [0.25, 0.3) is 10.1 Å². The first-order valence-electron chi connectivity index (χ1n) is 6.76. The number of hydrogen-bond donors (Lipinski definition) is 1. The minimum atomic E-state index is 0.236. The van der Waals surface area contributed by atoms with Crippen LogP contribution in [0.4, 0.5) is 0 Å². The first-order chi connectivity index (χ1) is 10.2. The van der Waals surface area contributed by atoms with E-state index in [1.807, 2.05) is 19.2 Å². The molecule has 3 rings (SSSR count). The molecular formula is C17H15Cl2NS. The van der Waals surface area contributed by atoms with Crippen LogP contribution in [-0.2, 0) is 6.42 Å². The van der Waals surface area contributed by atoms with E-state index in [0.717, 1.165) is 17.0 Å². The molecule has 0 saturated carbocycles. The Morgan fingerprint density at radius 1 is 1.14 bits per heavy atom. The average Bonchev–Trinajstić information content (AvgIpc) is 2.91. The van der Waals surface area contributed by atoms with Gasteiger partial charge in [0.1, 0.15) is 0 Å². The quantitative estimate of drug-likeness (QED) is 0.643. The third-order valence-corrected chi connectivity index (χ3v) is 5.24. The van der Waals surface area contributed by atoms with Gasteiger partial charge in [0.25, 0.3) is 0 Å². The van der Waals surface area contributed by atoms with Crippen LogP contribution in [0.1, 0.15) is 17.2 Å². The summed E-state index contributed by atoms with van der Waals surface area (Å²) in [7, 11) is 1.99. The monoisotopic (exact) mass is 335 g/mol. The van der Waals surface area contributed by atoms with Crippen LogP contribution in [-0.4, -0.2) is 7.05 Å². The van der Waals surface area contributed by atoms with Gasteiger partial charge in [-0.25, -0.2) is 0 Å². The van der Waals surface area contributed by atoms with Gasteiger partial charge in [0.05, 0.1) is 0 Å². The molecule has 0 bridgehead atoms. The van der Waals surface area contributed by atoms with Crippen LogP contribution in [0.15, 0.2) is 47.8 Å². The van der Waals surface area contributed by atoms with Gasteiger partial charge in [-0.1, -0.05) is 47.5 Å². The van der Waals surface area contributed by atoms with Crippen molar-refractivity contribution >= 4 is 44.6 Å². The van der Waals surface area contributed by atoms with Crippen molar-refractivity contribution in [3.63, 3.8) is 0 Å². The summed E-state index contributed by atoms with van der Waals surface area (Å²) in [6.07, 6.45) is 0.841. The highest BCUT2D eigenvalue weighted by atomic mass is 35.5. The van der Waals surface area contributed by atoms with Gasteiger partial charge >= 0.3 is 0 Å². The SMILES string of the molecule is CNC(Cc1ccc(Cl)cc1Cl)c1csc2ccccc12. The van der Waals surface area contributed by atoms with Crippen molar-refractivity contribution in [3.8, 4) is 0 Å². The van der Waals surface area contributed by atoms with Gasteiger partial charge in [0, 0.05) is 20.8 Å². The highest BCUT2D eigenvalue weighted by molar-refractivity contribution is 7.17. The van der Waals surface area contributed by atoms with E-state index in [2.05, 4.69) is 35.0 Å². The number of hydrogen-bond acceptors (Lipinski definition) is 2. The molecule has 2 aromatic carbocycles. The summed E-state index contributed by atoms with van der Waals surface area (Å²) < 4.78 is 1.31. The number of nitrogens with one attached hydrogen (secondary N) is 1. The van der Waals surface area contributed by atoms with Gasteiger partial charge in [0.15, 0.2) is 0 Å². The molecule has 0 aliphatic rings. The average molecular weight is 336 g/mol. The number of fused-ring (bicyclic) bond motifs is 1. The van der Waals surface area contributed by atoms with E-state index >= 15 is 0 Å². The van der Waals surface area contributed by atoms with Crippen molar-refractivity contribution in [2.75, 3.05) is 7.05 Å². The molecule has 1 atom stereocenters. The van der Waals surface area contributed by atoms with Crippen molar-refractivity contribution < 1.29 is 0 Å². The van der Waals surface area contributed by atoms with Crippen LogP contribution < -0.4 is 5.32 Å². The molecule has 3 aromatic rings. The Morgan fingerprint density at radius 3 is 2.71 bits per heavy atom. The highest BCUT2D eigenvalue weighted by Crippen LogP contribution is 2.33. The number of likely N-dealkylation sites (N-methyl/N-ethyl adjacent to an activating group) is 1. The molecule has 4 heteroatoms. The Hall–Kier alpha value is -1.06. The zero-order chi connectivity index (χ0) is 14.8. The predicted molar refractivity (Wildman–Crippen MR) is 93.8 cm³/mol. The minimum Gasteiger partial charge on any atom is -0.313 e. The molecule has 0 fully saturated rings. The Morgan fingerprint density at radius 2 is 1.95 bits per heavy atom. The summed E-state index contributed by atoms with van der Waals surface area (Å²) in [5.74, 6) is 0. The Labute approximate surface area is 138 Å². The predicted octanol–water partition coefficient (Wildman–Crippen LogP) is 5.71. The van der Waals surface area contributed by atoms with Gasteiger partial charge in [-0.2, -0.15) is 0 Å². The third kappa shape index (κ3) is 3.09. The molecule has 0 aliphatic heterocycles. The van der Waals surface area contributed by atoms with Gasteiger partial charge in [-0.05, 0) is 53.6 Å². The van der Waals surface area contributed by atoms with E-state index < -0.39 is 0 Å². The number of halogens is 2. The van der Waals surface area contributed by atoms with E-state index in [0.29, 0.717) is 5.02 Å². The largest absolute Gasteiger partial charge is 0.313 e. The third-order valence-electron chi connectivity index (χ3n) is 3.67. The number of thiophene rings is 1. The second kappa shape index (κ2) is 6.37. The first-order valence-corrected chi connectivity index (χ1v) is 8.40. The van der Waals surface area contributed by atoms with Crippen LogP contribution in [0.3, 0.4) is 0 Å². The Bertz CT molecular complexity index is 766. The zero-order valence-corrected chi connectivity index (χ0v) is 13.9. The van der Waals surface area contributed by atoms with Gasteiger partial charge in [0.2, 0.25) is 0 Å². The Balaban J connectivity index is 1.95. The van der Waals surface area contributed by atoms with E-state index in [-0.39, 0.29) is 6.04 Å². The topological polar surface area (TPSA) is 12.0 Å². The smallest absolute Gasteiger partial charge is 0.0453 e. The van der Waals surface area contributed by atoms with Gasteiger partial charge < -0.3 is 5.32 Å². The summed E-state index contributed by atoms with van der Waals surface area (Å²) in [5, 5.41) is 8.34. The fourth-order valence-corrected chi connectivity index (χ4v) is 4.04.